The van der Waals surface area contributed by atoms with Crippen LogP contribution in [0.15, 0.2) is 53.3 Å². The predicted octanol–water partition coefficient (Wildman–Crippen LogP) is 5.24. The summed E-state index contributed by atoms with van der Waals surface area (Å²) in [4.78, 5) is 29.7. The first-order chi connectivity index (χ1) is 15.3. The van der Waals surface area contributed by atoms with Crippen molar-refractivity contribution in [3.05, 3.63) is 65.1 Å². The number of nitrogens with zero attached hydrogens (tertiary/aromatic N) is 1. The minimum atomic E-state index is -4.86. The molecule has 1 saturated heterocycles. The summed E-state index contributed by atoms with van der Waals surface area (Å²) in [5.74, 6) is -0.903. The van der Waals surface area contributed by atoms with Gasteiger partial charge < -0.3 is 13.9 Å². The smallest absolute Gasteiger partial charge is 0.467 e. The lowest BCUT2D eigenvalue weighted by Crippen LogP contribution is -2.25. The Morgan fingerprint density at radius 1 is 1.22 bits per heavy atom. The highest BCUT2D eigenvalue weighted by Crippen LogP contribution is 2.35. The third-order valence-corrected chi connectivity index (χ3v) is 5.74. The normalized spacial score (nSPS) is 18.8. The molecule has 168 valence electrons. The van der Waals surface area contributed by atoms with Gasteiger partial charge in [0.15, 0.2) is 10.9 Å². The summed E-state index contributed by atoms with van der Waals surface area (Å²) < 4.78 is 52.0. The number of hydrogen-bond acceptors (Lipinski definition) is 7. The van der Waals surface area contributed by atoms with Crippen molar-refractivity contribution in [1.29, 1.82) is 0 Å². The Morgan fingerprint density at radius 3 is 2.81 bits per heavy atom. The first-order valence-electron chi connectivity index (χ1n) is 9.61. The van der Waals surface area contributed by atoms with Gasteiger partial charge in [0.05, 0.1) is 17.3 Å². The van der Waals surface area contributed by atoms with E-state index in [4.69, 9.17) is 9.15 Å². The number of aromatic nitrogens is 1. The number of Topliss-reactive ketones (excluding diaryl/α,β-unsaturated/α-hetero) is 1. The van der Waals surface area contributed by atoms with Crippen LogP contribution in [0.5, 0.6) is 5.75 Å². The van der Waals surface area contributed by atoms with Crippen molar-refractivity contribution in [3.8, 4) is 5.75 Å². The molecule has 1 amide bonds. The van der Waals surface area contributed by atoms with Crippen LogP contribution in [0.1, 0.15) is 44.7 Å². The Bertz CT molecular complexity index is 1100. The second kappa shape index (κ2) is 9.13. The van der Waals surface area contributed by atoms with Crippen LogP contribution in [0.4, 0.5) is 18.3 Å². The topological polar surface area (TPSA) is 90.7 Å². The van der Waals surface area contributed by atoms with Crippen molar-refractivity contribution < 1.29 is 36.7 Å². The van der Waals surface area contributed by atoms with Crippen LogP contribution in [0.25, 0.3) is 0 Å². The summed E-state index contributed by atoms with van der Waals surface area (Å²) in [5, 5.41) is 2.66. The molecule has 1 fully saturated rings. The molecule has 3 aromatic rings. The number of thiazole rings is 1. The Hall–Kier alpha value is -3.18. The van der Waals surface area contributed by atoms with Crippen LogP contribution < -0.4 is 10.1 Å². The van der Waals surface area contributed by atoms with Crippen molar-refractivity contribution in [2.45, 2.75) is 25.3 Å². The maximum absolute atomic E-state index is 12.9. The molecule has 1 aliphatic heterocycles. The minimum absolute atomic E-state index is 0.0412. The number of ether oxygens (including phenoxy) is 2. The number of alkyl halides is 3. The van der Waals surface area contributed by atoms with Gasteiger partial charge in [-0.3, -0.25) is 14.9 Å². The van der Waals surface area contributed by atoms with Gasteiger partial charge in [-0.05, 0) is 43.2 Å². The highest BCUT2D eigenvalue weighted by atomic mass is 32.1. The number of carbonyl (C=O) groups excluding carboxylic acids is 2. The van der Waals surface area contributed by atoms with Gasteiger partial charge in [-0.1, -0.05) is 17.4 Å². The highest BCUT2D eigenvalue weighted by molar-refractivity contribution is 7.17. The average molecular weight is 466 g/mol. The van der Waals surface area contributed by atoms with Gasteiger partial charge in [0.2, 0.25) is 0 Å². The molecule has 0 saturated carbocycles. The molecule has 1 aromatic carbocycles. The van der Waals surface area contributed by atoms with Gasteiger partial charge in [0, 0.05) is 18.1 Å². The lowest BCUT2D eigenvalue weighted by molar-refractivity contribution is -0.274. The van der Waals surface area contributed by atoms with Crippen LogP contribution in [0, 0.1) is 5.92 Å². The van der Waals surface area contributed by atoms with Gasteiger partial charge in [-0.25, -0.2) is 4.98 Å². The number of carbonyl (C=O) groups is 2. The Kier molecular flexibility index (Phi) is 6.28. The fraction of sp³-hybridized carbons (Fsp3) is 0.286. The predicted molar refractivity (Wildman–Crippen MR) is 108 cm³/mol. The number of rotatable bonds is 6. The zero-order valence-corrected chi connectivity index (χ0v) is 17.2. The summed E-state index contributed by atoms with van der Waals surface area (Å²) in [6.07, 6.45) is -1.21. The maximum atomic E-state index is 12.9. The van der Waals surface area contributed by atoms with E-state index in [0.29, 0.717) is 30.1 Å². The van der Waals surface area contributed by atoms with Gasteiger partial charge in [0.1, 0.15) is 17.6 Å². The minimum Gasteiger partial charge on any atom is -0.467 e. The quantitative estimate of drug-likeness (QED) is 0.500. The molecule has 0 spiro atoms. The third kappa shape index (κ3) is 5.35. The van der Waals surface area contributed by atoms with E-state index in [1.54, 1.807) is 18.4 Å². The number of furan rings is 1. The average Bonchev–Trinajstić information content (AvgIpc) is 3.45. The van der Waals surface area contributed by atoms with E-state index >= 15 is 0 Å². The summed E-state index contributed by atoms with van der Waals surface area (Å²) in [6, 6.07) is 8.23. The summed E-state index contributed by atoms with van der Waals surface area (Å²) in [7, 11) is 0. The Balaban J connectivity index is 1.40. The number of hydrogen-bond donors (Lipinski definition) is 1. The maximum Gasteiger partial charge on any atom is 0.573 e. The highest BCUT2D eigenvalue weighted by Gasteiger charge is 2.32. The van der Waals surface area contributed by atoms with Gasteiger partial charge in [0.25, 0.3) is 5.91 Å². The van der Waals surface area contributed by atoms with Crippen molar-refractivity contribution in [2.24, 2.45) is 5.92 Å². The van der Waals surface area contributed by atoms with Crippen molar-refractivity contribution in [2.75, 3.05) is 11.9 Å². The molecular weight excluding hydrogens is 449 g/mol. The largest absolute Gasteiger partial charge is 0.573 e. The third-order valence-electron chi connectivity index (χ3n) is 4.81. The van der Waals surface area contributed by atoms with E-state index in [9.17, 15) is 22.8 Å². The molecule has 0 bridgehead atoms. The number of benzene rings is 1. The van der Waals surface area contributed by atoms with Crippen LogP contribution in [-0.4, -0.2) is 29.6 Å². The zero-order chi connectivity index (χ0) is 22.7. The molecule has 2 unspecified atom stereocenters. The van der Waals surface area contributed by atoms with Crippen LogP contribution in [0.3, 0.4) is 0 Å². The van der Waals surface area contributed by atoms with Crippen molar-refractivity contribution in [3.63, 3.8) is 0 Å². The van der Waals surface area contributed by atoms with E-state index in [0.717, 1.165) is 23.5 Å². The second-order valence-electron chi connectivity index (χ2n) is 7.02. The van der Waals surface area contributed by atoms with E-state index in [-0.39, 0.29) is 28.5 Å². The lowest BCUT2D eigenvalue weighted by Gasteiger charge is -2.27. The number of amides is 1. The van der Waals surface area contributed by atoms with Crippen LogP contribution >= 0.6 is 11.3 Å². The second-order valence-corrected chi connectivity index (χ2v) is 8.05. The molecule has 2 aromatic heterocycles. The van der Waals surface area contributed by atoms with E-state index in [1.807, 2.05) is 0 Å². The van der Waals surface area contributed by atoms with Crippen LogP contribution in [0.2, 0.25) is 0 Å². The first kappa shape index (κ1) is 22.0. The summed E-state index contributed by atoms with van der Waals surface area (Å²) >= 11 is 1.00. The number of ketones is 1. The molecule has 32 heavy (non-hydrogen) atoms. The van der Waals surface area contributed by atoms with E-state index in [1.165, 1.54) is 18.3 Å². The molecule has 2 atom stereocenters. The monoisotopic (exact) mass is 466 g/mol. The molecule has 1 N–H and O–H groups in total. The molecule has 11 heteroatoms. The molecule has 1 aliphatic rings. The van der Waals surface area contributed by atoms with Gasteiger partial charge in [-0.2, -0.15) is 0 Å². The Morgan fingerprint density at radius 2 is 2.06 bits per heavy atom. The molecule has 0 aliphatic carbocycles. The molecule has 3 heterocycles. The fourth-order valence-corrected chi connectivity index (χ4v) is 4.19. The van der Waals surface area contributed by atoms with Gasteiger partial charge >= 0.3 is 6.36 Å². The van der Waals surface area contributed by atoms with Crippen LogP contribution in [-0.2, 0) is 4.74 Å². The lowest BCUT2D eigenvalue weighted by atomic mass is 9.90. The van der Waals surface area contributed by atoms with E-state index < -0.39 is 18.0 Å². The molecule has 0 radical (unpaired) electrons. The summed E-state index contributed by atoms with van der Waals surface area (Å²) in [5.41, 5.74) is -0.0412. The summed E-state index contributed by atoms with van der Waals surface area (Å²) in [6.45, 7) is 0.417. The Labute approximate surface area is 184 Å². The van der Waals surface area contributed by atoms with Crippen molar-refractivity contribution in [1.82, 2.24) is 4.98 Å². The number of nitrogens with one attached hydrogen (secondary N) is 1. The van der Waals surface area contributed by atoms with Gasteiger partial charge in [-0.15, -0.1) is 13.2 Å². The van der Waals surface area contributed by atoms with Crippen molar-refractivity contribution >= 4 is 28.2 Å². The number of anilines is 1. The standard InChI is InChI=1S/C21H17F3N2O5S/c22-21(23,24)31-14-4-1-3-13(9-14)19(28)26-20-25-11-17(32-20)18(27)12-6-8-30-16(10-12)15-5-2-7-29-15/h1-5,7,9,11-12,16H,6,8,10H2,(H,25,26,28). The molecular formula is C21H17F3N2O5S. The fourth-order valence-electron chi connectivity index (χ4n) is 3.36. The first-order valence-corrected chi connectivity index (χ1v) is 10.4. The molecule has 7 nitrogen and oxygen atoms in total. The van der Waals surface area contributed by atoms with E-state index in [2.05, 4.69) is 15.0 Å². The number of halogens is 3. The SMILES string of the molecule is O=C(Nc1ncc(C(=O)C2CCOC(c3ccco3)C2)s1)c1cccc(OC(F)(F)F)c1. The zero-order valence-electron chi connectivity index (χ0n) is 16.4. The molecule has 4 rings (SSSR count).